The van der Waals surface area contributed by atoms with E-state index in [-0.39, 0.29) is 23.5 Å². The van der Waals surface area contributed by atoms with Gasteiger partial charge in [-0.3, -0.25) is 0 Å². The number of alkyl halides is 3. The van der Waals surface area contributed by atoms with Gasteiger partial charge in [0.05, 0.1) is 11.3 Å². The highest BCUT2D eigenvalue weighted by atomic mass is 19.4. The van der Waals surface area contributed by atoms with E-state index in [0.29, 0.717) is 12.1 Å². The van der Waals surface area contributed by atoms with Gasteiger partial charge in [-0.05, 0) is 17.3 Å². The number of anilines is 1. The third-order valence-electron chi connectivity index (χ3n) is 3.64. The molecule has 1 aromatic heterocycles. The Morgan fingerprint density at radius 2 is 1.68 bits per heavy atom. The first-order valence-corrected chi connectivity index (χ1v) is 7.94. The topological polar surface area (TPSA) is 99.5 Å². The molecule has 0 aliphatic carbocycles. The number of hydrogen-bond donors (Lipinski definition) is 2. The van der Waals surface area contributed by atoms with E-state index in [2.05, 4.69) is 25.9 Å². The molecule has 3 rings (SSSR count). The Hall–Kier alpha value is -4.15. The average molecular weight is 444 g/mol. The summed E-state index contributed by atoms with van der Waals surface area (Å²) in [5.41, 5.74) is -2.26. The molecule has 160 valence electrons. The van der Waals surface area contributed by atoms with E-state index >= 15 is 0 Å². The first-order valence-electron chi connectivity index (χ1n) is 7.94. The minimum Gasteiger partial charge on any atom is -0.449 e. The second-order valence-corrected chi connectivity index (χ2v) is 5.68. The van der Waals surface area contributed by atoms with Crippen LogP contribution in [0.15, 0.2) is 30.5 Å². The molecule has 0 aliphatic rings. The molecular weight excluding hydrogens is 437 g/mol. The number of nitriles is 1. The van der Waals surface area contributed by atoms with E-state index in [1.54, 1.807) is 6.07 Å². The zero-order valence-corrected chi connectivity index (χ0v) is 14.7. The molecule has 7 nitrogen and oxygen atoms in total. The number of tetrazole rings is 1. The number of benzene rings is 2. The van der Waals surface area contributed by atoms with Crippen LogP contribution in [0.4, 0.5) is 36.4 Å². The number of H-pyrrole nitrogens is 1. The van der Waals surface area contributed by atoms with Gasteiger partial charge in [-0.2, -0.15) is 23.6 Å². The lowest BCUT2D eigenvalue weighted by Gasteiger charge is -2.14. The van der Waals surface area contributed by atoms with Crippen molar-refractivity contribution in [1.82, 2.24) is 20.6 Å². The van der Waals surface area contributed by atoms with Crippen LogP contribution in [0.3, 0.4) is 0 Å². The average Bonchev–Trinajstić information content (AvgIpc) is 3.22. The van der Waals surface area contributed by atoms with Gasteiger partial charge in [0.25, 0.3) is 0 Å². The molecule has 0 radical (unpaired) electrons. The summed E-state index contributed by atoms with van der Waals surface area (Å²) in [5.74, 6) is -8.49. The zero-order valence-electron chi connectivity index (χ0n) is 14.7. The van der Waals surface area contributed by atoms with Crippen LogP contribution in [0.2, 0.25) is 0 Å². The monoisotopic (exact) mass is 444 g/mol. The van der Waals surface area contributed by atoms with E-state index in [4.69, 9.17) is 10.00 Å². The van der Waals surface area contributed by atoms with Gasteiger partial charge in [-0.1, -0.05) is 0 Å². The molecule has 0 fully saturated rings. The van der Waals surface area contributed by atoms with Crippen molar-refractivity contribution in [2.24, 2.45) is 0 Å². The van der Waals surface area contributed by atoms with Gasteiger partial charge in [0.15, 0.2) is 34.8 Å². The standard InChI is InChI=1S/C17H7F7N6O/c18-9-3-13(26-6-7(5-25)16-27-29-30-28-16)14(4-10(9)19)31-15-11(20)1-8(2-12(15)21)17(22,23)24/h1-4,6,26H,(H,27,28,29,30). The van der Waals surface area contributed by atoms with E-state index in [1.165, 1.54) is 0 Å². The summed E-state index contributed by atoms with van der Waals surface area (Å²) < 4.78 is 98.3. The van der Waals surface area contributed by atoms with Gasteiger partial charge in [0.1, 0.15) is 11.6 Å². The molecule has 2 aromatic carbocycles. The van der Waals surface area contributed by atoms with Crippen LogP contribution in [0.1, 0.15) is 11.4 Å². The third kappa shape index (κ3) is 4.71. The minimum absolute atomic E-state index is 0.0185. The maximum absolute atomic E-state index is 14.1. The van der Waals surface area contributed by atoms with Crippen LogP contribution >= 0.6 is 0 Å². The SMILES string of the molecule is N#CC(=CNc1cc(F)c(F)cc1Oc1c(F)cc(C(F)(F)F)cc1F)c1nn[nH]n1. The van der Waals surface area contributed by atoms with Gasteiger partial charge < -0.3 is 10.1 Å². The van der Waals surface area contributed by atoms with Crippen LogP contribution in [-0.2, 0) is 6.18 Å². The van der Waals surface area contributed by atoms with Crippen LogP contribution in [0.25, 0.3) is 5.57 Å². The second-order valence-electron chi connectivity index (χ2n) is 5.68. The quantitative estimate of drug-likeness (QED) is 0.443. The summed E-state index contributed by atoms with van der Waals surface area (Å²) in [6, 6.07) is 2.59. The van der Waals surface area contributed by atoms with Crippen LogP contribution in [-0.4, -0.2) is 20.6 Å². The molecule has 31 heavy (non-hydrogen) atoms. The van der Waals surface area contributed by atoms with Crippen LogP contribution < -0.4 is 10.1 Å². The molecule has 2 N–H and O–H groups in total. The number of hydrogen-bond acceptors (Lipinski definition) is 6. The molecule has 0 atom stereocenters. The Balaban J connectivity index is 1.99. The van der Waals surface area contributed by atoms with Crippen molar-refractivity contribution < 1.29 is 35.5 Å². The number of ether oxygens (including phenoxy) is 1. The fraction of sp³-hybridized carbons (Fsp3) is 0.0588. The van der Waals surface area contributed by atoms with Gasteiger partial charge in [0, 0.05) is 18.3 Å². The molecule has 14 heteroatoms. The van der Waals surface area contributed by atoms with Crippen LogP contribution in [0, 0.1) is 34.6 Å². The minimum atomic E-state index is -5.03. The predicted molar refractivity (Wildman–Crippen MR) is 89.2 cm³/mol. The third-order valence-corrected chi connectivity index (χ3v) is 3.64. The fourth-order valence-electron chi connectivity index (χ4n) is 2.23. The lowest BCUT2D eigenvalue weighted by Crippen LogP contribution is -2.07. The smallest absolute Gasteiger partial charge is 0.416 e. The van der Waals surface area contributed by atoms with E-state index in [0.717, 1.165) is 6.20 Å². The number of nitrogens with one attached hydrogen (secondary N) is 2. The summed E-state index contributed by atoms with van der Waals surface area (Å²) in [7, 11) is 0. The van der Waals surface area contributed by atoms with Crippen molar-refractivity contribution in [3.63, 3.8) is 0 Å². The lowest BCUT2D eigenvalue weighted by molar-refractivity contribution is -0.138. The van der Waals surface area contributed by atoms with Gasteiger partial charge >= 0.3 is 6.18 Å². The molecule has 3 aromatic rings. The highest BCUT2D eigenvalue weighted by Crippen LogP contribution is 2.38. The summed E-state index contributed by atoms with van der Waals surface area (Å²) in [6.07, 6.45) is -4.09. The number of rotatable bonds is 5. The Bertz CT molecular complexity index is 1160. The number of allylic oxidation sites excluding steroid dienone is 1. The summed E-state index contributed by atoms with van der Waals surface area (Å²) >= 11 is 0. The number of aromatic nitrogens is 4. The normalized spacial score (nSPS) is 11.9. The molecule has 0 saturated heterocycles. The molecule has 0 aliphatic heterocycles. The maximum atomic E-state index is 14.1. The highest BCUT2D eigenvalue weighted by Gasteiger charge is 2.33. The van der Waals surface area contributed by atoms with E-state index in [1.807, 2.05) is 0 Å². The van der Waals surface area contributed by atoms with E-state index in [9.17, 15) is 30.7 Å². The molecule has 0 saturated carbocycles. The van der Waals surface area contributed by atoms with Crippen molar-refractivity contribution in [3.8, 4) is 17.6 Å². The molecule has 1 heterocycles. The predicted octanol–water partition coefficient (Wildman–Crippen LogP) is 4.54. The van der Waals surface area contributed by atoms with Gasteiger partial charge in [-0.25, -0.2) is 17.6 Å². The zero-order chi connectivity index (χ0) is 22.8. The number of halogens is 7. The Morgan fingerprint density at radius 3 is 2.23 bits per heavy atom. The number of aromatic amines is 1. The van der Waals surface area contributed by atoms with Gasteiger partial charge in [0.2, 0.25) is 5.82 Å². The van der Waals surface area contributed by atoms with Crippen molar-refractivity contribution in [2.45, 2.75) is 6.18 Å². The molecule has 0 spiro atoms. The van der Waals surface area contributed by atoms with Crippen molar-refractivity contribution in [3.05, 3.63) is 65.1 Å². The Kier molecular flexibility index (Phi) is 5.77. The Labute approximate surface area is 167 Å². The lowest BCUT2D eigenvalue weighted by atomic mass is 10.2. The molecule has 0 unspecified atom stereocenters. The molecule has 0 bridgehead atoms. The first kappa shape index (κ1) is 21.6. The summed E-state index contributed by atoms with van der Waals surface area (Å²) in [5, 5.41) is 23.9. The van der Waals surface area contributed by atoms with Crippen LogP contribution in [0.5, 0.6) is 11.5 Å². The van der Waals surface area contributed by atoms with E-state index < -0.39 is 52.2 Å². The van der Waals surface area contributed by atoms with Crippen molar-refractivity contribution in [1.29, 1.82) is 5.26 Å². The van der Waals surface area contributed by atoms with Crippen molar-refractivity contribution >= 4 is 11.3 Å². The number of nitrogens with zero attached hydrogens (tertiary/aromatic N) is 4. The van der Waals surface area contributed by atoms with Crippen molar-refractivity contribution in [2.75, 3.05) is 5.32 Å². The molecular formula is C17H7F7N6O. The second kappa shape index (κ2) is 8.30. The maximum Gasteiger partial charge on any atom is 0.416 e. The summed E-state index contributed by atoms with van der Waals surface area (Å²) in [4.78, 5) is 0. The first-order chi connectivity index (χ1) is 14.6. The summed E-state index contributed by atoms with van der Waals surface area (Å²) in [6.45, 7) is 0. The van der Waals surface area contributed by atoms with Gasteiger partial charge in [-0.15, -0.1) is 10.2 Å². The molecule has 0 amide bonds. The highest BCUT2D eigenvalue weighted by molar-refractivity contribution is 5.75. The fourth-order valence-corrected chi connectivity index (χ4v) is 2.23. The largest absolute Gasteiger partial charge is 0.449 e. The Morgan fingerprint density at radius 1 is 1.03 bits per heavy atom.